The topological polar surface area (TPSA) is 16.4 Å². The minimum atomic E-state index is 0.237. The van der Waals surface area contributed by atoms with E-state index in [1.165, 1.54) is 42.5 Å². The molecule has 0 saturated heterocycles. The quantitative estimate of drug-likeness (QED) is 0.336. The van der Waals surface area contributed by atoms with Gasteiger partial charge in [0.15, 0.2) is 0 Å². The van der Waals surface area contributed by atoms with Gasteiger partial charge in [-0.1, -0.05) is 0 Å². The molecule has 4 heteroatoms. The summed E-state index contributed by atoms with van der Waals surface area (Å²) in [5, 5.41) is 1.27. The van der Waals surface area contributed by atoms with E-state index >= 15 is 0 Å². The number of nitrogens with zero attached hydrogens (tertiary/aromatic N) is 2. The number of hydrogen-bond donors (Lipinski definition) is 0. The fraction of sp³-hybridized carbons (Fsp3) is 0.300. The first-order chi connectivity index (χ1) is 16.4. The van der Waals surface area contributed by atoms with Crippen LogP contribution in [0.3, 0.4) is 0 Å². The molecule has 3 aromatic rings. The van der Waals surface area contributed by atoms with E-state index in [0.29, 0.717) is 15.0 Å². The van der Waals surface area contributed by atoms with Crippen molar-refractivity contribution >= 4 is 42.1 Å². The number of allylic oxidation sites excluding steroid dienone is 4. The molecule has 0 bridgehead atoms. The third-order valence-electron chi connectivity index (χ3n) is 6.75. The Morgan fingerprint density at radius 1 is 1.06 bits per heavy atom. The van der Waals surface area contributed by atoms with Gasteiger partial charge in [-0.25, -0.2) is 0 Å². The zero-order chi connectivity index (χ0) is 23.9. The molecule has 2 heterocycles. The summed E-state index contributed by atoms with van der Waals surface area (Å²) in [6.45, 7) is 8.00. The van der Waals surface area contributed by atoms with Gasteiger partial charge in [0.05, 0.1) is 0 Å². The Morgan fingerprint density at radius 2 is 1.88 bits per heavy atom. The van der Waals surface area contributed by atoms with Gasteiger partial charge in [0.25, 0.3) is 0 Å². The van der Waals surface area contributed by atoms with E-state index in [1.807, 2.05) is 0 Å². The molecule has 1 aliphatic carbocycles. The van der Waals surface area contributed by atoms with Crippen LogP contribution in [0.2, 0.25) is 0 Å². The second-order valence-corrected chi connectivity index (χ2v) is 12.2. The molecule has 2 aliphatic rings. The minimum absolute atomic E-state index is 0.237. The summed E-state index contributed by atoms with van der Waals surface area (Å²) in [5.74, 6) is 0.931. The summed E-state index contributed by atoms with van der Waals surface area (Å²) in [6.07, 6.45) is 9.46. The van der Waals surface area contributed by atoms with Gasteiger partial charge in [0.2, 0.25) is 0 Å². The number of para-hydroxylation sites is 1. The summed E-state index contributed by atoms with van der Waals surface area (Å²) >= 11 is 0.314. The van der Waals surface area contributed by atoms with Crippen molar-refractivity contribution in [3.05, 3.63) is 88.2 Å². The van der Waals surface area contributed by atoms with Gasteiger partial charge in [0.1, 0.15) is 0 Å². The number of ether oxygens (including phenoxy) is 1. The van der Waals surface area contributed by atoms with Crippen LogP contribution < -0.4 is 18.7 Å². The standard InChI is InChI=1S/C30H33N2OSe/c1-6-32-27-18-25(33-5)13-14-28(27)34-29(32)17-22-15-21(19-30(2,3)20-22)16-24-12-11-23-9-7-8-10-26(23)31(24)4/h7-18H,6,19-20H2,1-5H3/q+1. The van der Waals surface area contributed by atoms with Gasteiger partial charge >= 0.3 is 210 Å². The van der Waals surface area contributed by atoms with Crippen molar-refractivity contribution in [2.45, 2.75) is 33.6 Å². The van der Waals surface area contributed by atoms with E-state index in [9.17, 15) is 0 Å². The molecule has 34 heavy (non-hydrogen) atoms. The molecule has 1 aliphatic heterocycles. The molecule has 3 nitrogen and oxygen atoms in total. The van der Waals surface area contributed by atoms with Gasteiger partial charge in [-0.15, -0.1) is 0 Å². The fourth-order valence-corrected chi connectivity index (χ4v) is 7.67. The Hall–Kier alpha value is -2.81. The third kappa shape index (κ3) is 4.45. The van der Waals surface area contributed by atoms with Crippen LogP contribution in [-0.4, -0.2) is 28.6 Å². The third-order valence-corrected chi connectivity index (χ3v) is 9.09. The predicted molar refractivity (Wildman–Crippen MR) is 144 cm³/mol. The van der Waals surface area contributed by atoms with Crippen LogP contribution in [0.15, 0.2) is 82.5 Å². The van der Waals surface area contributed by atoms with Crippen LogP contribution in [0.4, 0.5) is 5.69 Å². The molecule has 1 aromatic heterocycles. The normalized spacial score (nSPS) is 19.6. The van der Waals surface area contributed by atoms with Crippen molar-refractivity contribution in [3.8, 4) is 5.75 Å². The maximum absolute atomic E-state index is 5.49. The van der Waals surface area contributed by atoms with Gasteiger partial charge in [-0.2, -0.15) is 0 Å². The predicted octanol–water partition coefficient (Wildman–Crippen LogP) is 5.51. The number of rotatable bonds is 4. The first-order valence-corrected chi connectivity index (χ1v) is 13.7. The Labute approximate surface area is 209 Å². The van der Waals surface area contributed by atoms with Gasteiger partial charge in [-0.05, 0) is 0 Å². The Morgan fingerprint density at radius 3 is 2.68 bits per heavy atom. The molecule has 0 spiro atoms. The molecular weight excluding hydrogens is 483 g/mol. The number of benzene rings is 2. The molecule has 0 atom stereocenters. The number of hydrogen-bond acceptors (Lipinski definition) is 2. The van der Waals surface area contributed by atoms with Crippen molar-refractivity contribution in [2.24, 2.45) is 12.5 Å². The van der Waals surface area contributed by atoms with E-state index in [-0.39, 0.29) is 5.41 Å². The van der Waals surface area contributed by atoms with E-state index in [2.05, 4.69) is 110 Å². The van der Waals surface area contributed by atoms with Crippen molar-refractivity contribution in [1.29, 1.82) is 0 Å². The van der Waals surface area contributed by atoms with Crippen molar-refractivity contribution in [2.75, 3.05) is 18.6 Å². The molecule has 2 aromatic carbocycles. The van der Waals surface area contributed by atoms with Crippen molar-refractivity contribution < 1.29 is 9.30 Å². The van der Waals surface area contributed by atoms with Crippen molar-refractivity contribution in [1.82, 2.24) is 0 Å². The van der Waals surface area contributed by atoms with Crippen LogP contribution in [0, 0.1) is 5.41 Å². The Balaban J connectivity index is 1.52. The second kappa shape index (κ2) is 9.09. The van der Waals surface area contributed by atoms with E-state index in [1.54, 1.807) is 7.11 Å². The Kier molecular flexibility index (Phi) is 6.14. The number of aromatic nitrogens is 1. The fourth-order valence-electron chi connectivity index (χ4n) is 5.19. The Bertz CT molecular complexity index is 1350. The molecule has 0 amide bonds. The molecular formula is C30H33N2OSe+. The number of pyridine rings is 1. The van der Waals surface area contributed by atoms with Crippen LogP contribution in [0.1, 0.15) is 39.3 Å². The average molecular weight is 517 g/mol. The number of methoxy groups -OCH3 is 1. The first-order valence-electron chi connectivity index (χ1n) is 12.0. The summed E-state index contributed by atoms with van der Waals surface area (Å²) in [7, 11) is 3.91. The first kappa shape index (κ1) is 23.0. The zero-order valence-corrected chi connectivity index (χ0v) is 22.5. The molecule has 0 fully saturated rings. The van der Waals surface area contributed by atoms with Gasteiger partial charge in [-0.3, -0.25) is 0 Å². The number of fused-ring (bicyclic) bond motifs is 2. The van der Waals surface area contributed by atoms with Crippen LogP contribution in [-0.2, 0) is 7.05 Å². The monoisotopic (exact) mass is 517 g/mol. The molecule has 0 unspecified atom stereocenters. The molecule has 0 saturated carbocycles. The summed E-state index contributed by atoms with van der Waals surface area (Å²) in [5.41, 5.74) is 6.89. The molecule has 0 radical (unpaired) electrons. The van der Waals surface area contributed by atoms with Crippen LogP contribution in [0.25, 0.3) is 17.0 Å². The SMILES string of the molecule is CCN1C(=CC2=CC(=Cc3ccc4ccccc4[n+]3C)CC(C)(C)C2)[Se]c2ccc(OC)cc21. The van der Waals surface area contributed by atoms with Crippen LogP contribution >= 0.6 is 0 Å². The van der Waals surface area contributed by atoms with E-state index < -0.39 is 0 Å². The maximum atomic E-state index is 5.49. The second-order valence-electron chi connectivity index (χ2n) is 9.99. The molecule has 174 valence electrons. The number of anilines is 1. The van der Waals surface area contributed by atoms with Crippen molar-refractivity contribution in [3.63, 3.8) is 0 Å². The summed E-state index contributed by atoms with van der Waals surface area (Å²) in [4.78, 5) is 2.47. The van der Waals surface area contributed by atoms with Gasteiger partial charge < -0.3 is 0 Å². The average Bonchev–Trinajstić information content (AvgIpc) is 3.15. The van der Waals surface area contributed by atoms with Crippen LogP contribution in [0.5, 0.6) is 5.75 Å². The number of aryl methyl sites for hydroxylation is 1. The zero-order valence-electron chi connectivity index (χ0n) is 20.8. The summed E-state index contributed by atoms with van der Waals surface area (Å²) < 4.78 is 10.7. The van der Waals surface area contributed by atoms with E-state index in [4.69, 9.17) is 4.74 Å². The molecule has 5 rings (SSSR count). The van der Waals surface area contributed by atoms with Gasteiger partial charge in [0, 0.05) is 0 Å². The molecule has 0 N–H and O–H groups in total. The summed E-state index contributed by atoms with van der Waals surface area (Å²) in [6, 6.07) is 19.6. The van der Waals surface area contributed by atoms with E-state index in [0.717, 1.165) is 25.1 Å².